The summed E-state index contributed by atoms with van der Waals surface area (Å²) in [7, 11) is 2.89. The lowest BCUT2D eigenvalue weighted by molar-refractivity contribution is 0.0977. The number of fused-ring (bicyclic) bond motifs is 2. The van der Waals surface area contributed by atoms with Gasteiger partial charge in [0.15, 0.2) is 16.9 Å². The van der Waals surface area contributed by atoms with Crippen LogP contribution >= 0.6 is 22.9 Å². The first kappa shape index (κ1) is 17.7. The van der Waals surface area contributed by atoms with E-state index in [9.17, 15) is 14.4 Å². The van der Waals surface area contributed by atoms with Crippen molar-refractivity contribution in [3.05, 3.63) is 60.8 Å². The number of halogens is 1. The molecule has 9 heteroatoms. The van der Waals surface area contributed by atoms with Gasteiger partial charge < -0.3 is 4.57 Å². The number of carbonyl (C=O) groups is 1. The second-order valence-corrected chi connectivity index (χ2v) is 7.71. The van der Waals surface area contributed by atoms with Gasteiger partial charge in [-0.05, 0) is 35.5 Å². The number of aromatic nitrogens is 4. The number of thiophene rings is 1. The van der Waals surface area contributed by atoms with E-state index in [1.165, 1.54) is 34.6 Å². The summed E-state index contributed by atoms with van der Waals surface area (Å²) in [4.78, 5) is 42.4. The standard InChI is InChI=1S/C18H15ClN4O3S/c1-9-10-6-4-5-7-12(10)27-14(9)11(24)8-23-13-15(20-17(23)19)21(2)18(26)22(3)16(13)25/h4-7H,8H2,1-3H3. The summed E-state index contributed by atoms with van der Waals surface area (Å²) in [5.74, 6) is -0.161. The van der Waals surface area contributed by atoms with Gasteiger partial charge in [-0.3, -0.25) is 18.7 Å². The quantitative estimate of drug-likeness (QED) is 0.389. The van der Waals surface area contributed by atoms with Gasteiger partial charge in [-0.1, -0.05) is 18.2 Å². The molecular weight excluding hydrogens is 388 g/mol. The zero-order chi connectivity index (χ0) is 19.5. The van der Waals surface area contributed by atoms with Crippen LogP contribution in [0, 0.1) is 6.92 Å². The lowest BCUT2D eigenvalue weighted by Gasteiger charge is -2.06. The normalized spacial score (nSPS) is 11.6. The highest BCUT2D eigenvalue weighted by Gasteiger charge is 2.22. The van der Waals surface area contributed by atoms with Crippen molar-refractivity contribution in [1.29, 1.82) is 0 Å². The highest BCUT2D eigenvalue weighted by atomic mass is 35.5. The van der Waals surface area contributed by atoms with Crippen LogP contribution in [0.25, 0.3) is 21.3 Å². The summed E-state index contributed by atoms with van der Waals surface area (Å²) in [6, 6.07) is 7.80. The number of hydrogen-bond donors (Lipinski definition) is 0. The molecule has 0 radical (unpaired) electrons. The molecule has 0 N–H and O–H groups in total. The van der Waals surface area contributed by atoms with Crippen molar-refractivity contribution >= 4 is 50.0 Å². The molecule has 4 aromatic rings. The molecule has 7 nitrogen and oxygen atoms in total. The smallest absolute Gasteiger partial charge is 0.301 e. The Hall–Kier alpha value is -2.71. The van der Waals surface area contributed by atoms with E-state index in [0.717, 1.165) is 20.2 Å². The number of aryl methyl sites for hydroxylation is 2. The molecule has 0 atom stereocenters. The van der Waals surface area contributed by atoms with Crippen LogP contribution in [-0.2, 0) is 20.6 Å². The Balaban J connectivity index is 1.87. The van der Waals surface area contributed by atoms with Crippen molar-refractivity contribution in [3.63, 3.8) is 0 Å². The van der Waals surface area contributed by atoms with E-state index in [0.29, 0.717) is 4.88 Å². The van der Waals surface area contributed by atoms with Crippen molar-refractivity contribution in [2.24, 2.45) is 14.1 Å². The van der Waals surface area contributed by atoms with Gasteiger partial charge in [-0.15, -0.1) is 11.3 Å². The lowest BCUT2D eigenvalue weighted by Crippen LogP contribution is -2.37. The zero-order valence-electron chi connectivity index (χ0n) is 14.8. The Labute approximate surface area is 162 Å². The average Bonchev–Trinajstić information content (AvgIpc) is 3.16. The van der Waals surface area contributed by atoms with Crippen LogP contribution in [0.3, 0.4) is 0 Å². The van der Waals surface area contributed by atoms with Gasteiger partial charge in [0, 0.05) is 18.8 Å². The van der Waals surface area contributed by atoms with Gasteiger partial charge in [-0.25, -0.2) is 4.79 Å². The summed E-state index contributed by atoms with van der Waals surface area (Å²) in [6.45, 7) is 1.78. The summed E-state index contributed by atoms with van der Waals surface area (Å²) in [6.07, 6.45) is 0. The van der Waals surface area contributed by atoms with E-state index in [2.05, 4.69) is 4.98 Å². The van der Waals surface area contributed by atoms with Gasteiger partial charge in [0.2, 0.25) is 5.28 Å². The van der Waals surface area contributed by atoms with Crippen LogP contribution in [0.5, 0.6) is 0 Å². The minimum absolute atomic E-state index is 0.00425. The Morgan fingerprint density at radius 2 is 1.89 bits per heavy atom. The van der Waals surface area contributed by atoms with Crippen LogP contribution in [-0.4, -0.2) is 24.5 Å². The third-order valence-electron chi connectivity index (χ3n) is 4.70. The van der Waals surface area contributed by atoms with Gasteiger partial charge in [0.05, 0.1) is 11.4 Å². The SMILES string of the molecule is Cc1c(C(=O)Cn2c(Cl)nc3c2c(=O)n(C)c(=O)n3C)sc2ccccc12. The van der Waals surface area contributed by atoms with Crippen LogP contribution < -0.4 is 11.2 Å². The van der Waals surface area contributed by atoms with Crippen molar-refractivity contribution in [3.8, 4) is 0 Å². The number of nitrogens with zero attached hydrogens (tertiary/aromatic N) is 4. The number of imidazole rings is 1. The number of ketones is 1. The Morgan fingerprint density at radius 3 is 2.59 bits per heavy atom. The predicted molar refractivity (Wildman–Crippen MR) is 106 cm³/mol. The van der Waals surface area contributed by atoms with Gasteiger partial charge >= 0.3 is 5.69 Å². The fourth-order valence-corrected chi connectivity index (χ4v) is 4.58. The summed E-state index contributed by atoms with van der Waals surface area (Å²) >= 11 is 7.62. The molecule has 0 saturated carbocycles. The fourth-order valence-electron chi connectivity index (χ4n) is 3.22. The molecule has 0 saturated heterocycles. The van der Waals surface area contributed by atoms with E-state index in [-0.39, 0.29) is 28.8 Å². The minimum Gasteiger partial charge on any atom is -0.301 e. The molecule has 0 aliphatic heterocycles. The maximum absolute atomic E-state index is 13.0. The lowest BCUT2D eigenvalue weighted by atomic mass is 10.1. The molecule has 27 heavy (non-hydrogen) atoms. The highest BCUT2D eigenvalue weighted by Crippen LogP contribution is 2.31. The molecule has 138 valence electrons. The molecule has 0 unspecified atom stereocenters. The summed E-state index contributed by atoms with van der Waals surface area (Å²) < 4.78 is 4.61. The molecule has 0 aliphatic rings. The van der Waals surface area contributed by atoms with Crippen LogP contribution in [0.1, 0.15) is 15.2 Å². The van der Waals surface area contributed by atoms with E-state index in [4.69, 9.17) is 11.6 Å². The molecule has 0 amide bonds. The number of Topliss-reactive ketones (excluding diaryl/α,β-unsaturated/α-hetero) is 1. The van der Waals surface area contributed by atoms with Crippen LogP contribution in [0.15, 0.2) is 33.9 Å². The van der Waals surface area contributed by atoms with Crippen LogP contribution in [0.4, 0.5) is 0 Å². The molecule has 3 heterocycles. The maximum atomic E-state index is 13.0. The first-order valence-corrected chi connectivity index (χ1v) is 9.33. The molecule has 4 rings (SSSR count). The molecule has 3 aromatic heterocycles. The largest absolute Gasteiger partial charge is 0.332 e. The van der Waals surface area contributed by atoms with Crippen molar-refractivity contribution < 1.29 is 4.79 Å². The van der Waals surface area contributed by atoms with Gasteiger partial charge in [-0.2, -0.15) is 4.98 Å². The fraction of sp³-hybridized carbons (Fsp3) is 0.222. The zero-order valence-corrected chi connectivity index (χ0v) is 16.4. The second-order valence-electron chi connectivity index (χ2n) is 6.32. The van der Waals surface area contributed by atoms with Crippen molar-refractivity contribution in [1.82, 2.24) is 18.7 Å². The first-order chi connectivity index (χ1) is 12.8. The third kappa shape index (κ3) is 2.55. The Kier molecular flexibility index (Phi) is 4.05. The highest BCUT2D eigenvalue weighted by molar-refractivity contribution is 7.21. The maximum Gasteiger partial charge on any atom is 0.332 e. The minimum atomic E-state index is -0.534. The second kappa shape index (κ2) is 6.17. The molecule has 0 bridgehead atoms. The van der Waals surface area contributed by atoms with E-state index < -0.39 is 11.2 Å². The number of carbonyl (C=O) groups excluding carboxylic acids is 1. The summed E-state index contributed by atoms with van der Waals surface area (Å²) in [5, 5.41) is 1.03. The first-order valence-electron chi connectivity index (χ1n) is 8.14. The van der Waals surface area contributed by atoms with E-state index in [1.54, 1.807) is 0 Å². The third-order valence-corrected chi connectivity index (χ3v) is 6.30. The predicted octanol–water partition coefficient (Wildman–Crippen LogP) is 2.49. The number of benzene rings is 1. The average molecular weight is 403 g/mol. The Morgan fingerprint density at radius 1 is 1.19 bits per heavy atom. The topological polar surface area (TPSA) is 78.9 Å². The van der Waals surface area contributed by atoms with Gasteiger partial charge in [0.25, 0.3) is 5.56 Å². The summed E-state index contributed by atoms with van der Waals surface area (Å²) in [5.41, 5.74) is 0.168. The molecule has 0 aliphatic carbocycles. The van der Waals surface area contributed by atoms with E-state index in [1.807, 2.05) is 31.2 Å². The number of hydrogen-bond acceptors (Lipinski definition) is 5. The molecule has 0 spiro atoms. The van der Waals surface area contributed by atoms with Gasteiger partial charge in [0.1, 0.15) is 0 Å². The van der Waals surface area contributed by atoms with E-state index >= 15 is 0 Å². The Bertz CT molecular complexity index is 1360. The molecular formula is C18H15ClN4O3S. The molecule has 1 aromatic carbocycles. The number of rotatable bonds is 3. The van der Waals surface area contributed by atoms with Crippen LogP contribution in [0.2, 0.25) is 5.28 Å². The van der Waals surface area contributed by atoms with Crippen molar-refractivity contribution in [2.75, 3.05) is 0 Å². The monoisotopic (exact) mass is 402 g/mol. The van der Waals surface area contributed by atoms with Crippen molar-refractivity contribution in [2.45, 2.75) is 13.5 Å². The molecule has 0 fully saturated rings.